The summed E-state index contributed by atoms with van der Waals surface area (Å²) >= 11 is 0. The number of carbonyl (C=O) groups excluding carboxylic acids is 3. The normalized spacial score (nSPS) is 23.8. The highest BCUT2D eigenvalue weighted by atomic mass is 33.1. The molecule has 6 nitrogen and oxygen atoms in total. The summed E-state index contributed by atoms with van der Waals surface area (Å²) in [5.41, 5.74) is 1.58. The molecule has 2 N–H and O–H groups in total. The van der Waals surface area contributed by atoms with E-state index in [0.29, 0.717) is 36.3 Å². The number of nitrogens with one attached hydrogen (secondary N) is 2. The van der Waals surface area contributed by atoms with Gasteiger partial charge in [0.2, 0.25) is 11.8 Å². The van der Waals surface area contributed by atoms with E-state index >= 15 is 0 Å². The zero-order chi connectivity index (χ0) is 19.5. The van der Waals surface area contributed by atoms with E-state index in [0.717, 1.165) is 24.5 Å². The Kier molecular flexibility index (Phi) is 6.16. The van der Waals surface area contributed by atoms with E-state index in [9.17, 15) is 14.4 Å². The average Bonchev–Trinajstić information content (AvgIpc) is 3.36. The highest BCUT2D eigenvalue weighted by molar-refractivity contribution is 8.77. The molecule has 1 aromatic carbocycles. The number of amides is 3. The van der Waals surface area contributed by atoms with Gasteiger partial charge in [0.15, 0.2) is 0 Å². The van der Waals surface area contributed by atoms with Crippen LogP contribution < -0.4 is 10.6 Å². The largest absolute Gasteiger partial charge is 0.327 e. The van der Waals surface area contributed by atoms with Crippen LogP contribution in [0.4, 0.5) is 11.4 Å². The maximum Gasteiger partial charge on any atom is 0.256 e. The summed E-state index contributed by atoms with van der Waals surface area (Å²) < 4.78 is 0. The van der Waals surface area contributed by atoms with Gasteiger partial charge in [0.25, 0.3) is 5.91 Å². The van der Waals surface area contributed by atoms with Gasteiger partial charge in [-0.2, -0.15) is 0 Å². The van der Waals surface area contributed by atoms with Crippen LogP contribution in [-0.2, 0) is 9.59 Å². The molecule has 0 aromatic heterocycles. The van der Waals surface area contributed by atoms with Crippen LogP contribution in [0.15, 0.2) is 18.2 Å². The predicted octanol–water partition coefficient (Wildman–Crippen LogP) is 3.90. The van der Waals surface area contributed by atoms with Crippen LogP contribution in [0, 0.1) is 0 Å². The Morgan fingerprint density at radius 2 is 2.14 bits per heavy atom. The molecule has 8 heteroatoms. The quantitative estimate of drug-likeness (QED) is 0.540. The molecule has 2 atom stereocenters. The number of hydrogen-bond acceptors (Lipinski definition) is 5. The first kappa shape index (κ1) is 19.6. The number of fused-ring (bicyclic) bond motifs is 2. The van der Waals surface area contributed by atoms with Crippen LogP contribution in [0.25, 0.3) is 0 Å². The van der Waals surface area contributed by atoms with Crippen LogP contribution in [0.5, 0.6) is 0 Å². The SMILES string of the molecule is O=C(CCCC[C@@H]1CCSS1)Nc1ccc2c(c1)C(=O)N1CCC[C@@H]1C(=O)N2. The fraction of sp³-hybridized carbons (Fsp3) is 0.550. The number of unbranched alkanes of at least 4 members (excludes halogenated alkanes) is 1. The average molecular weight is 420 g/mol. The molecule has 28 heavy (non-hydrogen) atoms. The van der Waals surface area contributed by atoms with E-state index in [1.54, 1.807) is 23.1 Å². The molecule has 0 saturated carbocycles. The predicted molar refractivity (Wildman–Crippen MR) is 115 cm³/mol. The molecule has 3 aliphatic rings. The molecule has 0 bridgehead atoms. The second kappa shape index (κ2) is 8.78. The van der Waals surface area contributed by atoms with Crippen molar-refractivity contribution < 1.29 is 14.4 Å². The lowest BCUT2D eigenvalue weighted by Crippen LogP contribution is -2.40. The number of hydrogen-bond donors (Lipinski definition) is 2. The number of nitrogens with zero attached hydrogens (tertiary/aromatic N) is 1. The Labute approximate surface area is 173 Å². The second-order valence-electron chi connectivity index (χ2n) is 7.53. The minimum absolute atomic E-state index is 0.0300. The minimum atomic E-state index is -0.380. The topological polar surface area (TPSA) is 78.5 Å². The van der Waals surface area contributed by atoms with Crippen molar-refractivity contribution in [3.63, 3.8) is 0 Å². The molecule has 2 saturated heterocycles. The molecule has 3 heterocycles. The van der Waals surface area contributed by atoms with Crippen LogP contribution in [0.2, 0.25) is 0 Å². The molecule has 3 aliphatic heterocycles. The van der Waals surface area contributed by atoms with Gasteiger partial charge >= 0.3 is 0 Å². The second-order valence-corrected chi connectivity index (χ2v) is 10.3. The third-order valence-electron chi connectivity index (χ3n) is 5.52. The van der Waals surface area contributed by atoms with Gasteiger partial charge in [0, 0.05) is 29.7 Å². The van der Waals surface area contributed by atoms with E-state index in [4.69, 9.17) is 0 Å². The molecule has 1 aromatic rings. The number of carbonyl (C=O) groups is 3. The summed E-state index contributed by atoms with van der Waals surface area (Å²) in [4.78, 5) is 39.1. The first-order chi connectivity index (χ1) is 13.6. The van der Waals surface area contributed by atoms with Crippen molar-refractivity contribution in [2.75, 3.05) is 22.9 Å². The Balaban J connectivity index is 1.34. The molecule has 4 rings (SSSR count). The molecule has 0 radical (unpaired) electrons. The Hall–Kier alpha value is -1.67. The zero-order valence-electron chi connectivity index (χ0n) is 15.7. The number of rotatable bonds is 6. The molecule has 0 aliphatic carbocycles. The number of benzene rings is 1. The Morgan fingerprint density at radius 1 is 1.25 bits per heavy atom. The van der Waals surface area contributed by atoms with E-state index < -0.39 is 0 Å². The molecule has 150 valence electrons. The van der Waals surface area contributed by atoms with Crippen molar-refractivity contribution >= 4 is 50.7 Å². The Bertz CT molecular complexity index is 780. The smallest absolute Gasteiger partial charge is 0.256 e. The molecular formula is C20H25N3O3S2. The van der Waals surface area contributed by atoms with Gasteiger partial charge in [-0.3, -0.25) is 14.4 Å². The summed E-state index contributed by atoms with van der Waals surface area (Å²) in [6, 6.07) is 4.75. The van der Waals surface area contributed by atoms with Gasteiger partial charge in [-0.15, -0.1) is 0 Å². The summed E-state index contributed by atoms with van der Waals surface area (Å²) in [6.45, 7) is 0.602. The molecule has 0 spiro atoms. The minimum Gasteiger partial charge on any atom is -0.327 e. The molecule has 2 fully saturated rings. The van der Waals surface area contributed by atoms with Crippen LogP contribution >= 0.6 is 21.6 Å². The van der Waals surface area contributed by atoms with E-state index in [2.05, 4.69) is 10.6 Å². The summed E-state index contributed by atoms with van der Waals surface area (Å²) in [5, 5.41) is 6.50. The van der Waals surface area contributed by atoms with E-state index in [1.165, 1.54) is 18.6 Å². The fourth-order valence-electron chi connectivity index (χ4n) is 4.01. The molecule has 3 amide bonds. The summed E-state index contributed by atoms with van der Waals surface area (Å²) in [6.07, 6.45) is 6.43. The maximum absolute atomic E-state index is 12.9. The monoisotopic (exact) mass is 419 g/mol. The molecule has 0 unspecified atom stereocenters. The van der Waals surface area contributed by atoms with Crippen LogP contribution in [0.1, 0.15) is 55.3 Å². The first-order valence-electron chi connectivity index (χ1n) is 9.96. The summed E-state index contributed by atoms with van der Waals surface area (Å²) in [5.74, 6) is 0.947. The third kappa shape index (κ3) is 4.33. The number of anilines is 2. The van der Waals surface area contributed by atoms with Gasteiger partial charge in [-0.1, -0.05) is 28.0 Å². The van der Waals surface area contributed by atoms with Gasteiger partial charge < -0.3 is 15.5 Å². The van der Waals surface area contributed by atoms with E-state index in [1.807, 2.05) is 21.6 Å². The van der Waals surface area contributed by atoms with E-state index in [-0.39, 0.29) is 23.8 Å². The Morgan fingerprint density at radius 3 is 2.96 bits per heavy atom. The van der Waals surface area contributed by atoms with Crippen molar-refractivity contribution in [1.82, 2.24) is 4.90 Å². The summed E-state index contributed by atoms with van der Waals surface area (Å²) in [7, 11) is 3.92. The van der Waals surface area contributed by atoms with Gasteiger partial charge in [-0.25, -0.2) is 0 Å². The zero-order valence-corrected chi connectivity index (χ0v) is 17.4. The van der Waals surface area contributed by atoms with Crippen molar-refractivity contribution in [3.8, 4) is 0 Å². The highest BCUT2D eigenvalue weighted by Crippen LogP contribution is 2.40. The fourth-order valence-corrected chi connectivity index (χ4v) is 7.03. The lowest BCUT2D eigenvalue weighted by atomic mass is 10.1. The van der Waals surface area contributed by atoms with Crippen molar-refractivity contribution in [3.05, 3.63) is 23.8 Å². The highest BCUT2D eigenvalue weighted by Gasteiger charge is 2.38. The van der Waals surface area contributed by atoms with Crippen molar-refractivity contribution in [2.24, 2.45) is 0 Å². The van der Waals surface area contributed by atoms with Crippen LogP contribution in [-0.4, -0.2) is 46.2 Å². The standard InChI is InChI=1S/C20H25N3O3S2/c24-18(6-2-1-4-14-9-11-27-28-14)21-13-7-8-16-15(12-13)20(26)23-10-3-5-17(23)19(25)22-16/h7-8,12,14,17H,1-6,9-11H2,(H,21,24)(H,22,25)/t14-,17-/m1/s1. The van der Waals surface area contributed by atoms with Crippen LogP contribution in [0.3, 0.4) is 0 Å². The van der Waals surface area contributed by atoms with Crippen molar-refractivity contribution in [1.29, 1.82) is 0 Å². The maximum atomic E-state index is 12.9. The van der Waals surface area contributed by atoms with Gasteiger partial charge in [-0.05, 0) is 50.3 Å². The lowest BCUT2D eigenvalue weighted by Gasteiger charge is -2.20. The molecular weight excluding hydrogens is 394 g/mol. The van der Waals surface area contributed by atoms with Gasteiger partial charge in [0.1, 0.15) is 6.04 Å². The third-order valence-corrected chi connectivity index (χ3v) is 8.52. The van der Waals surface area contributed by atoms with Crippen molar-refractivity contribution in [2.45, 2.75) is 56.2 Å². The lowest BCUT2D eigenvalue weighted by molar-refractivity contribution is -0.119. The van der Waals surface area contributed by atoms with Gasteiger partial charge in [0.05, 0.1) is 11.3 Å². The first-order valence-corrected chi connectivity index (χ1v) is 12.3.